The molecule has 0 saturated carbocycles. The molecule has 57 heavy (non-hydrogen) atoms. The molecule has 13 nitrogen and oxygen atoms in total. The zero-order valence-corrected chi connectivity index (χ0v) is 34.3. The fourth-order valence-corrected chi connectivity index (χ4v) is 8.89. The van der Waals surface area contributed by atoms with E-state index in [0.717, 1.165) is 35.3 Å². The number of carbonyl (C=O) groups excluding carboxylic acids is 3. The molecular formula is C39H44ClF3N8O5S. The number of hydrogen-bond acceptors (Lipinski definition) is 11. The van der Waals surface area contributed by atoms with E-state index in [0.29, 0.717) is 19.4 Å². The average molecular weight is 829 g/mol. The second kappa shape index (κ2) is 16.1. The monoisotopic (exact) mass is 828 g/mol. The lowest BCUT2D eigenvalue weighted by molar-refractivity contribution is -0.127. The van der Waals surface area contributed by atoms with E-state index in [1.807, 2.05) is 6.07 Å². The first-order valence-corrected chi connectivity index (χ1v) is 19.6. The Kier molecular flexibility index (Phi) is 11.8. The van der Waals surface area contributed by atoms with E-state index in [-0.39, 0.29) is 91.4 Å². The topological polar surface area (TPSA) is 144 Å². The summed E-state index contributed by atoms with van der Waals surface area (Å²) in [4.78, 5) is 53.0. The number of ether oxygens (including phenoxy) is 2. The maximum absolute atomic E-state index is 17.2. The number of benzene rings is 2. The maximum Gasteiger partial charge on any atom is 0.412 e. The molecule has 2 fully saturated rings. The minimum Gasteiger partial charge on any atom is -0.461 e. The highest BCUT2D eigenvalue weighted by molar-refractivity contribution is 7.23. The van der Waals surface area contributed by atoms with Gasteiger partial charge in [-0.05, 0) is 64.3 Å². The van der Waals surface area contributed by atoms with Gasteiger partial charge < -0.3 is 19.3 Å². The number of rotatable bonds is 10. The summed E-state index contributed by atoms with van der Waals surface area (Å²) in [7, 11) is 6.19. The number of halogens is 4. The molecule has 0 aliphatic carbocycles. The van der Waals surface area contributed by atoms with Gasteiger partial charge in [-0.1, -0.05) is 17.7 Å². The average Bonchev–Trinajstić information content (AvgIpc) is 3.79. The second-order valence-corrected chi connectivity index (χ2v) is 17.1. The third-order valence-corrected chi connectivity index (χ3v) is 11.6. The molecule has 2 aliphatic heterocycles. The van der Waals surface area contributed by atoms with Crippen molar-refractivity contribution in [2.45, 2.75) is 70.2 Å². The maximum atomic E-state index is 17.2. The van der Waals surface area contributed by atoms with Gasteiger partial charge >= 0.3 is 18.1 Å². The summed E-state index contributed by atoms with van der Waals surface area (Å²) in [6.45, 7) is 6.35. The van der Waals surface area contributed by atoms with Gasteiger partial charge in [0.1, 0.15) is 46.6 Å². The van der Waals surface area contributed by atoms with Crippen LogP contribution in [-0.2, 0) is 9.53 Å². The Morgan fingerprint density at radius 2 is 1.91 bits per heavy atom. The predicted octanol–water partition coefficient (Wildman–Crippen LogP) is 7.97. The summed E-state index contributed by atoms with van der Waals surface area (Å²) in [5.41, 5.74) is -1.82. The van der Waals surface area contributed by atoms with Gasteiger partial charge in [0.2, 0.25) is 5.91 Å². The lowest BCUT2D eigenvalue weighted by atomic mass is 9.95. The van der Waals surface area contributed by atoms with Crippen LogP contribution in [0.5, 0.6) is 6.01 Å². The first-order valence-electron chi connectivity index (χ1n) is 18.4. The number of nitriles is 1. The van der Waals surface area contributed by atoms with Crippen LogP contribution in [0.1, 0.15) is 58.4 Å². The van der Waals surface area contributed by atoms with Crippen LogP contribution in [0, 0.1) is 23.0 Å². The van der Waals surface area contributed by atoms with Crippen molar-refractivity contribution in [1.29, 1.82) is 5.26 Å². The van der Waals surface area contributed by atoms with Gasteiger partial charge in [0.25, 0.3) is 0 Å². The molecule has 2 aromatic heterocycles. The number of aromatic nitrogens is 2. The van der Waals surface area contributed by atoms with Crippen molar-refractivity contribution in [1.82, 2.24) is 24.7 Å². The third-order valence-electron chi connectivity index (χ3n) is 10.1. The largest absolute Gasteiger partial charge is 0.461 e. The number of alkyl halides is 1. The molecule has 18 heteroatoms. The van der Waals surface area contributed by atoms with Crippen LogP contribution < -0.4 is 15.0 Å². The second-order valence-electron chi connectivity index (χ2n) is 15.6. The Labute approximate surface area is 337 Å². The highest BCUT2D eigenvalue weighted by Gasteiger charge is 2.49. The Bertz CT molecular complexity index is 2300. The SMILES string of the molecule is CN(C)C(=O)N(C)C(=O)CCCN(C)c1nc(OC[C@@]23CCCN2C[C@H](F)C3)nc2c(F)c(-c3ccc(F)c4sc(NC(=O)OC(C)(C)C)c(C#N)c34)c(Cl)cc12. The molecule has 4 heterocycles. The molecule has 0 unspecified atom stereocenters. The molecule has 4 aromatic rings. The molecule has 0 radical (unpaired) electrons. The Morgan fingerprint density at radius 1 is 1.18 bits per heavy atom. The van der Waals surface area contributed by atoms with E-state index in [1.165, 1.54) is 24.1 Å². The van der Waals surface area contributed by atoms with Crippen molar-refractivity contribution in [3.05, 3.63) is 40.4 Å². The molecule has 6 rings (SSSR count). The summed E-state index contributed by atoms with van der Waals surface area (Å²) < 4.78 is 58.7. The predicted molar refractivity (Wildman–Crippen MR) is 213 cm³/mol. The van der Waals surface area contributed by atoms with Crippen LogP contribution in [-0.4, -0.2) is 114 Å². The number of fused-ring (bicyclic) bond motifs is 3. The van der Waals surface area contributed by atoms with Gasteiger partial charge in [-0.25, -0.2) is 22.8 Å². The van der Waals surface area contributed by atoms with Crippen LogP contribution >= 0.6 is 22.9 Å². The summed E-state index contributed by atoms with van der Waals surface area (Å²) >= 11 is 7.68. The van der Waals surface area contributed by atoms with Gasteiger partial charge in [-0.2, -0.15) is 15.2 Å². The molecule has 0 bridgehead atoms. The van der Waals surface area contributed by atoms with Crippen molar-refractivity contribution in [3.63, 3.8) is 0 Å². The molecule has 1 N–H and O–H groups in total. The van der Waals surface area contributed by atoms with Crippen molar-refractivity contribution >= 4 is 72.8 Å². The Balaban J connectivity index is 1.42. The zero-order chi connectivity index (χ0) is 41.6. The van der Waals surface area contributed by atoms with E-state index in [4.69, 9.17) is 21.1 Å². The normalized spacial score (nSPS) is 18.0. The van der Waals surface area contributed by atoms with E-state index in [2.05, 4.69) is 20.2 Å². The molecule has 2 aliphatic rings. The van der Waals surface area contributed by atoms with Gasteiger partial charge in [0.05, 0.1) is 20.8 Å². The number of nitrogens with zero attached hydrogens (tertiary/aromatic N) is 7. The summed E-state index contributed by atoms with van der Waals surface area (Å²) in [5, 5.41) is 12.9. The highest BCUT2D eigenvalue weighted by atomic mass is 35.5. The van der Waals surface area contributed by atoms with Gasteiger partial charge in [0.15, 0.2) is 5.82 Å². The van der Waals surface area contributed by atoms with Crippen molar-refractivity contribution in [3.8, 4) is 23.2 Å². The van der Waals surface area contributed by atoms with Crippen LogP contribution in [0.15, 0.2) is 18.2 Å². The number of carbonyl (C=O) groups is 3. The minimum absolute atomic E-state index is 0.00543. The van der Waals surface area contributed by atoms with Crippen molar-refractivity contribution < 1.29 is 37.0 Å². The number of hydrogen-bond donors (Lipinski definition) is 1. The third kappa shape index (κ3) is 8.39. The zero-order valence-electron chi connectivity index (χ0n) is 32.8. The smallest absolute Gasteiger partial charge is 0.412 e. The number of urea groups is 1. The van der Waals surface area contributed by atoms with Crippen LogP contribution in [0.4, 0.5) is 33.6 Å². The fraction of sp³-hybridized carbons (Fsp3) is 0.487. The molecule has 0 spiro atoms. The Morgan fingerprint density at radius 3 is 2.60 bits per heavy atom. The molecule has 2 saturated heterocycles. The molecular weight excluding hydrogens is 785 g/mol. The van der Waals surface area contributed by atoms with E-state index < -0.39 is 41.1 Å². The number of anilines is 2. The number of nitrogens with one attached hydrogen (secondary N) is 1. The first kappa shape index (κ1) is 41.7. The lowest BCUT2D eigenvalue weighted by Gasteiger charge is -2.31. The van der Waals surface area contributed by atoms with Gasteiger partial charge in [-0.3, -0.25) is 19.9 Å². The van der Waals surface area contributed by atoms with E-state index >= 15 is 8.78 Å². The molecule has 2 atom stereocenters. The summed E-state index contributed by atoms with van der Waals surface area (Å²) in [5.74, 6) is -1.77. The summed E-state index contributed by atoms with van der Waals surface area (Å²) in [6.07, 6.45) is 0.342. The van der Waals surface area contributed by atoms with Crippen LogP contribution in [0.2, 0.25) is 5.02 Å². The number of imide groups is 1. The molecule has 4 amide bonds. The van der Waals surface area contributed by atoms with Crippen LogP contribution in [0.25, 0.3) is 32.1 Å². The lowest BCUT2D eigenvalue weighted by Crippen LogP contribution is -2.43. The van der Waals surface area contributed by atoms with Crippen molar-refractivity contribution in [2.75, 3.05) is 64.6 Å². The standard InChI is InChI=1S/C39H44ClF3N8O5S/c1-38(2,3)56-36(53)47-34-24(18-44)28-22(11-12-26(42)32(28)57-34)29-25(40)16-23-31(30(29)43)45-35(55-20-39-13-9-15-51(39)19-21(41)17-39)46-33(23)49(6)14-8-10-27(52)50(7)37(54)48(4)5/h11-12,16,21H,8-10,13-15,17,19-20H2,1-7H3,(H,47,53)/t21-,39+/m1/s1. The minimum atomic E-state index is -1.01. The van der Waals surface area contributed by atoms with Gasteiger partial charge in [0, 0.05) is 70.5 Å². The quantitative estimate of drug-likeness (QED) is 0.167. The molecule has 2 aromatic carbocycles. The number of amides is 4. The van der Waals surface area contributed by atoms with Gasteiger partial charge in [-0.15, -0.1) is 11.3 Å². The van der Waals surface area contributed by atoms with E-state index in [1.54, 1.807) is 46.8 Å². The Hall–Kier alpha value is -4.92. The highest BCUT2D eigenvalue weighted by Crippen LogP contribution is 2.47. The number of thiophene rings is 1. The van der Waals surface area contributed by atoms with Crippen molar-refractivity contribution in [2.24, 2.45) is 0 Å². The fourth-order valence-electron chi connectivity index (χ4n) is 7.53. The first-order chi connectivity index (χ1) is 26.8. The van der Waals surface area contributed by atoms with E-state index in [9.17, 15) is 24.0 Å². The summed E-state index contributed by atoms with van der Waals surface area (Å²) in [6, 6.07) is 5.28. The molecule has 304 valence electrons. The van der Waals surface area contributed by atoms with Crippen LogP contribution in [0.3, 0.4) is 0 Å².